The molecule has 0 N–H and O–H groups in total. The van der Waals surface area contributed by atoms with Crippen molar-refractivity contribution >= 4 is 40.5 Å². The van der Waals surface area contributed by atoms with Crippen molar-refractivity contribution in [1.29, 1.82) is 0 Å². The maximum atomic E-state index is 13.7. The first-order valence-corrected chi connectivity index (χ1v) is 14.0. The molecule has 2 aromatic carbocycles. The number of hydrogen-bond donors (Lipinski definition) is 0. The minimum Gasteiger partial charge on any atom is -0.434 e. The van der Waals surface area contributed by atoms with E-state index in [1.807, 2.05) is 13.0 Å². The molecule has 2 aliphatic rings. The highest BCUT2D eigenvalue weighted by molar-refractivity contribution is 7.90. The smallest absolute Gasteiger partial charge is 0.434 e. The molecule has 0 saturated carbocycles. The second kappa shape index (κ2) is 8.32. The molecule has 0 spiro atoms. The molecular weight excluding hydrogens is 524 g/mol. The number of alkyl halides is 2. The summed E-state index contributed by atoms with van der Waals surface area (Å²) in [6.07, 6.45) is -0.650. The minimum absolute atomic E-state index is 0.0950. The van der Waals surface area contributed by atoms with Gasteiger partial charge in [0.1, 0.15) is 7.17 Å². The van der Waals surface area contributed by atoms with Gasteiger partial charge in [-0.15, -0.1) is 8.78 Å². The third kappa shape index (κ3) is 4.21. The van der Waals surface area contributed by atoms with E-state index in [1.54, 1.807) is 36.5 Å². The number of halogens is 2. The average molecular weight is 550 g/mol. The zero-order chi connectivity index (χ0) is 28.0. The van der Waals surface area contributed by atoms with E-state index in [1.165, 1.54) is 18.3 Å². The molecular formula is C27H26B2F2N2O5S. The van der Waals surface area contributed by atoms with Gasteiger partial charge < -0.3 is 14.1 Å². The molecule has 4 aromatic rings. The van der Waals surface area contributed by atoms with Gasteiger partial charge in [-0.25, -0.2) is 17.4 Å². The number of benzene rings is 2. The van der Waals surface area contributed by atoms with Crippen LogP contribution in [0.1, 0.15) is 33.3 Å². The topological polar surface area (TPSA) is 79.7 Å². The van der Waals surface area contributed by atoms with Gasteiger partial charge in [-0.05, 0) is 61.4 Å². The van der Waals surface area contributed by atoms with Crippen LogP contribution in [0.15, 0.2) is 65.8 Å². The van der Waals surface area contributed by atoms with Crippen molar-refractivity contribution in [3.63, 3.8) is 0 Å². The van der Waals surface area contributed by atoms with Crippen molar-refractivity contribution in [2.45, 2.75) is 56.7 Å². The average Bonchev–Trinajstić information content (AvgIpc) is 3.45. The highest BCUT2D eigenvalue weighted by Gasteiger charge is 2.50. The van der Waals surface area contributed by atoms with Crippen LogP contribution in [-0.2, 0) is 14.7 Å². The Morgan fingerprint density at radius 3 is 2.33 bits per heavy atom. The molecule has 0 bridgehead atoms. The molecule has 6 rings (SSSR count). The lowest BCUT2D eigenvalue weighted by Gasteiger charge is -2.34. The molecule has 2 aliphatic heterocycles. The van der Waals surface area contributed by atoms with E-state index in [2.05, 4.69) is 42.2 Å². The van der Waals surface area contributed by atoms with Crippen LogP contribution >= 0.6 is 0 Å². The van der Waals surface area contributed by atoms with Gasteiger partial charge in [-0.3, -0.25) is 0 Å². The summed E-state index contributed by atoms with van der Waals surface area (Å²) in [5.41, 5.74) is 2.54. The Morgan fingerprint density at radius 2 is 1.67 bits per heavy atom. The second-order valence-corrected chi connectivity index (χ2v) is 13.1. The molecule has 0 amide bonds. The Morgan fingerprint density at radius 1 is 0.974 bits per heavy atom. The van der Waals surface area contributed by atoms with Gasteiger partial charge in [0.15, 0.2) is 17.1 Å². The van der Waals surface area contributed by atoms with Gasteiger partial charge in [0.25, 0.3) is 16.8 Å². The third-order valence-electron chi connectivity index (χ3n) is 8.06. The van der Waals surface area contributed by atoms with Crippen molar-refractivity contribution in [2.75, 3.05) is 0 Å². The van der Waals surface area contributed by atoms with E-state index in [-0.39, 0.29) is 39.8 Å². The van der Waals surface area contributed by atoms with Crippen LogP contribution in [0.3, 0.4) is 0 Å². The van der Waals surface area contributed by atoms with Gasteiger partial charge in [-0.1, -0.05) is 43.7 Å². The second-order valence-electron chi connectivity index (χ2n) is 11.3. The Balaban J connectivity index is 1.53. The van der Waals surface area contributed by atoms with Gasteiger partial charge in [-0.2, -0.15) is 0 Å². The summed E-state index contributed by atoms with van der Waals surface area (Å²) in [4.78, 5) is 4.71. The molecule has 0 unspecified atom stereocenters. The largest absolute Gasteiger partial charge is 0.586 e. The molecule has 39 heavy (non-hydrogen) atoms. The highest BCUT2D eigenvalue weighted by atomic mass is 32.2. The van der Waals surface area contributed by atoms with Gasteiger partial charge in [0.2, 0.25) is 0 Å². The van der Waals surface area contributed by atoms with Gasteiger partial charge in [0.05, 0.1) is 4.90 Å². The molecule has 1 fully saturated rings. The van der Waals surface area contributed by atoms with Crippen LogP contribution in [0.25, 0.3) is 22.2 Å². The van der Waals surface area contributed by atoms with E-state index in [4.69, 9.17) is 4.65 Å². The monoisotopic (exact) mass is 550 g/mol. The minimum atomic E-state index is -4.02. The zero-order valence-electron chi connectivity index (χ0n) is 22.2. The van der Waals surface area contributed by atoms with Crippen LogP contribution < -0.4 is 14.9 Å². The van der Waals surface area contributed by atoms with E-state index in [0.29, 0.717) is 16.5 Å². The van der Waals surface area contributed by atoms with E-state index in [9.17, 15) is 17.2 Å². The lowest BCUT2D eigenvalue weighted by atomic mass is 9.23. The Hall–Kier alpha value is -3.37. The normalized spacial score (nSPS) is 18.9. The lowest BCUT2D eigenvalue weighted by Crippen LogP contribution is -2.37. The molecule has 1 saturated heterocycles. The predicted octanol–water partition coefficient (Wildman–Crippen LogP) is 4.71. The van der Waals surface area contributed by atoms with Crippen molar-refractivity contribution in [1.82, 2.24) is 8.96 Å². The van der Waals surface area contributed by atoms with Crippen LogP contribution in [0, 0.1) is 6.92 Å². The zero-order valence-corrected chi connectivity index (χ0v) is 23.0. The fourth-order valence-electron chi connectivity index (χ4n) is 5.08. The SMILES string of the molecule is Cc1ccc(S(=O)(=O)n2cc(-c3ccc4c(c3)OC(F)(F)O4)c3cc(B4BC(C)(C)C(C)(C)O4)cnc32)cc1. The summed E-state index contributed by atoms with van der Waals surface area (Å²) < 4.78 is 71.6. The number of aromatic nitrogens is 2. The summed E-state index contributed by atoms with van der Waals surface area (Å²) in [6.45, 7) is 10.0. The van der Waals surface area contributed by atoms with E-state index < -0.39 is 16.3 Å². The quantitative estimate of drug-likeness (QED) is 0.343. The van der Waals surface area contributed by atoms with Gasteiger partial charge >= 0.3 is 6.29 Å². The molecule has 0 aliphatic carbocycles. The lowest BCUT2D eigenvalue weighted by molar-refractivity contribution is -0.286. The van der Waals surface area contributed by atoms with Crippen molar-refractivity contribution < 1.29 is 31.3 Å². The molecule has 4 heterocycles. The molecule has 0 radical (unpaired) electrons. The number of ether oxygens (including phenoxy) is 2. The molecule has 200 valence electrons. The summed E-state index contributed by atoms with van der Waals surface area (Å²) in [6, 6.07) is 12.8. The molecule has 12 heteroatoms. The third-order valence-corrected chi connectivity index (χ3v) is 9.72. The Labute approximate surface area is 226 Å². The van der Waals surface area contributed by atoms with Crippen molar-refractivity contribution in [2.24, 2.45) is 0 Å². The fraction of sp³-hybridized carbons (Fsp3) is 0.296. The van der Waals surface area contributed by atoms with Crippen LogP contribution in [0.5, 0.6) is 11.5 Å². The first-order chi connectivity index (χ1) is 18.2. The fourth-order valence-corrected chi connectivity index (χ4v) is 6.40. The van der Waals surface area contributed by atoms with Gasteiger partial charge in [0, 0.05) is 28.9 Å². The predicted molar refractivity (Wildman–Crippen MR) is 147 cm³/mol. The van der Waals surface area contributed by atoms with Crippen LogP contribution in [0.2, 0.25) is 5.31 Å². The van der Waals surface area contributed by atoms with E-state index in [0.717, 1.165) is 22.2 Å². The maximum Gasteiger partial charge on any atom is 0.586 e. The Kier molecular flexibility index (Phi) is 5.52. The number of aryl methyl sites for hydroxylation is 1. The number of nitrogens with zero attached hydrogens (tertiary/aromatic N) is 2. The summed E-state index contributed by atoms with van der Waals surface area (Å²) in [5, 5.41) is 0.443. The number of fused-ring (bicyclic) bond motifs is 2. The Bertz CT molecular complexity index is 1720. The number of hydrogen-bond acceptors (Lipinski definition) is 6. The van der Waals surface area contributed by atoms with Crippen LogP contribution in [0.4, 0.5) is 8.78 Å². The van der Waals surface area contributed by atoms with Crippen molar-refractivity contribution in [3.8, 4) is 22.6 Å². The molecule has 2 aromatic heterocycles. The first kappa shape index (κ1) is 25.9. The standard InChI is InChI=1S/C27H26B2F2N2O5S/c1-16-6-9-19(10-7-16)39(34,35)33-15-21(17-8-11-22-23(12-17)37-27(30,31)36-22)20-13-18(14-32-24(20)33)29-28-25(2,3)26(4,5)38-29/h6-15,28H,1-5H3. The highest BCUT2D eigenvalue weighted by Crippen LogP contribution is 2.46. The summed E-state index contributed by atoms with van der Waals surface area (Å²) >= 11 is 0. The number of pyridine rings is 1. The van der Waals surface area contributed by atoms with Crippen LogP contribution in [-0.4, -0.2) is 43.2 Å². The molecule has 7 nitrogen and oxygen atoms in total. The maximum absolute atomic E-state index is 13.7. The first-order valence-electron chi connectivity index (χ1n) is 12.6. The number of rotatable bonds is 4. The van der Waals surface area contributed by atoms with Crippen molar-refractivity contribution in [3.05, 3.63) is 66.5 Å². The summed E-state index contributed by atoms with van der Waals surface area (Å²) in [5.74, 6) is -0.228. The molecule has 0 atom stereocenters. The van der Waals surface area contributed by atoms with E-state index >= 15 is 0 Å². The summed E-state index contributed by atoms with van der Waals surface area (Å²) in [7, 11) is -3.27.